The van der Waals surface area contributed by atoms with Crippen LogP contribution in [0.2, 0.25) is 0 Å². The lowest BCUT2D eigenvalue weighted by molar-refractivity contribution is 0.116. The maximum Gasteiger partial charge on any atom is 0.330 e. The van der Waals surface area contributed by atoms with Gasteiger partial charge >= 0.3 is 5.69 Å². The van der Waals surface area contributed by atoms with E-state index in [0.717, 1.165) is 30.6 Å². The van der Waals surface area contributed by atoms with E-state index in [4.69, 9.17) is 10.5 Å². The Labute approximate surface area is 164 Å². The van der Waals surface area contributed by atoms with Gasteiger partial charge < -0.3 is 15.4 Å². The fraction of sp³-hybridized carbons (Fsp3) is 0.429. The van der Waals surface area contributed by atoms with Gasteiger partial charge in [0, 0.05) is 19.7 Å². The third-order valence-electron chi connectivity index (χ3n) is 4.88. The van der Waals surface area contributed by atoms with E-state index < -0.39 is 11.2 Å². The van der Waals surface area contributed by atoms with Crippen molar-refractivity contribution in [3.05, 3.63) is 68.4 Å². The van der Waals surface area contributed by atoms with E-state index in [2.05, 4.69) is 4.98 Å². The Morgan fingerprint density at radius 2 is 2.07 bits per heavy atom. The molecular formula is C21H28N4O3. The fourth-order valence-corrected chi connectivity index (χ4v) is 3.39. The number of nitrogen functional groups attached to an aromatic ring is 1. The average molecular weight is 384 g/mol. The van der Waals surface area contributed by atoms with Crippen LogP contribution < -0.4 is 21.9 Å². The number of rotatable bonds is 7. The minimum atomic E-state index is -0.505. The quantitative estimate of drug-likeness (QED) is 0.713. The lowest BCUT2D eigenvalue weighted by Crippen LogP contribution is -2.41. The molecule has 28 heavy (non-hydrogen) atoms. The summed E-state index contributed by atoms with van der Waals surface area (Å²) in [6.45, 7) is 6.13. The molecule has 1 saturated heterocycles. The van der Waals surface area contributed by atoms with Gasteiger partial charge in [0.15, 0.2) is 0 Å². The lowest BCUT2D eigenvalue weighted by atomic mass is 10.2. The van der Waals surface area contributed by atoms with Crippen LogP contribution in [0.15, 0.2) is 51.6 Å². The van der Waals surface area contributed by atoms with Gasteiger partial charge in [0.1, 0.15) is 11.5 Å². The summed E-state index contributed by atoms with van der Waals surface area (Å²) in [6.07, 6.45) is 4.06. The Morgan fingerprint density at radius 3 is 2.71 bits per heavy atom. The van der Waals surface area contributed by atoms with Crippen molar-refractivity contribution in [1.82, 2.24) is 9.55 Å². The summed E-state index contributed by atoms with van der Waals surface area (Å²) in [7, 11) is 0. The van der Waals surface area contributed by atoms with Crippen LogP contribution in [0.4, 0.5) is 11.5 Å². The van der Waals surface area contributed by atoms with E-state index in [0.29, 0.717) is 25.3 Å². The van der Waals surface area contributed by atoms with Crippen molar-refractivity contribution >= 4 is 11.5 Å². The predicted octanol–water partition coefficient (Wildman–Crippen LogP) is 2.12. The number of benzene rings is 1. The number of hydrogen-bond donors (Lipinski definition) is 2. The zero-order chi connectivity index (χ0) is 20.1. The topological polar surface area (TPSA) is 93.3 Å². The Kier molecular flexibility index (Phi) is 6.36. The van der Waals surface area contributed by atoms with Crippen LogP contribution in [-0.2, 0) is 11.3 Å². The molecule has 7 nitrogen and oxygen atoms in total. The third-order valence-corrected chi connectivity index (χ3v) is 4.88. The lowest BCUT2D eigenvalue weighted by Gasteiger charge is -2.27. The summed E-state index contributed by atoms with van der Waals surface area (Å²) in [5, 5.41) is 0. The van der Waals surface area contributed by atoms with Crippen LogP contribution in [-0.4, -0.2) is 35.4 Å². The molecule has 1 aromatic carbocycles. The number of H-pyrrole nitrogens is 1. The van der Waals surface area contributed by atoms with E-state index in [9.17, 15) is 9.59 Å². The van der Waals surface area contributed by atoms with Crippen LogP contribution in [0, 0.1) is 0 Å². The second-order valence-electron chi connectivity index (χ2n) is 7.39. The number of nitrogens with zero attached hydrogens (tertiary/aromatic N) is 2. The summed E-state index contributed by atoms with van der Waals surface area (Å²) in [5.41, 5.74) is 7.78. The molecule has 1 aliphatic heterocycles. The van der Waals surface area contributed by atoms with Crippen LogP contribution in [0.3, 0.4) is 0 Å². The number of ether oxygens (including phenoxy) is 1. The molecule has 1 atom stereocenters. The molecule has 0 unspecified atom stereocenters. The summed E-state index contributed by atoms with van der Waals surface area (Å²) in [5.74, 6) is 0.178. The monoisotopic (exact) mass is 384 g/mol. The minimum Gasteiger partial charge on any atom is -0.383 e. The smallest absolute Gasteiger partial charge is 0.330 e. The molecule has 0 aliphatic carbocycles. The van der Waals surface area contributed by atoms with Crippen LogP contribution in [0.25, 0.3) is 0 Å². The zero-order valence-corrected chi connectivity index (χ0v) is 16.5. The Balaban J connectivity index is 2.00. The molecule has 1 aliphatic rings. The Bertz CT molecular complexity index is 936. The summed E-state index contributed by atoms with van der Waals surface area (Å²) >= 11 is 0. The summed E-state index contributed by atoms with van der Waals surface area (Å²) in [4.78, 5) is 29.4. The standard InChI is InChI=1S/C21H28N4O3/c1-15(2)10-11-24(14-17-9-6-12-28-17)18-19(22)25(21(27)23-20(18)26)13-16-7-4-3-5-8-16/h3-5,7-8,10,17H,6,9,11-14,22H2,1-2H3,(H,23,26,27)/t17-/m1/s1. The highest BCUT2D eigenvalue weighted by molar-refractivity contribution is 5.63. The summed E-state index contributed by atoms with van der Waals surface area (Å²) < 4.78 is 7.17. The largest absolute Gasteiger partial charge is 0.383 e. The highest BCUT2D eigenvalue weighted by Gasteiger charge is 2.24. The molecule has 0 bridgehead atoms. The first-order valence-corrected chi connectivity index (χ1v) is 9.62. The van der Waals surface area contributed by atoms with E-state index in [1.54, 1.807) is 0 Å². The number of allylic oxidation sites excluding steroid dienone is 1. The fourth-order valence-electron chi connectivity index (χ4n) is 3.39. The van der Waals surface area contributed by atoms with Crippen molar-refractivity contribution in [2.75, 3.05) is 30.3 Å². The maximum atomic E-state index is 12.7. The van der Waals surface area contributed by atoms with Crippen molar-refractivity contribution in [3.63, 3.8) is 0 Å². The molecule has 2 heterocycles. The van der Waals surface area contributed by atoms with Crippen LogP contribution in [0.5, 0.6) is 0 Å². The predicted molar refractivity (Wildman–Crippen MR) is 112 cm³/mol. The molecule has 0 amide bonds. The number of aromatic nitrogens is 2. The van der Waals surface area contributed by atoms with E-state index in [1.807, 2.05) is 55.2 Å². The van der Waals surface area contributed by atoms with Gasteiger partial charge in [-0.2, -0.15) is 0 Å². The number of hydrogen-bond acceptors (Lipinski definition) is 5. The molecule has 3 rings (SSSR count). The van der Waals surface area contributed by atoms with Gasteiger partial charge in [-0.05, 0) is 32.3 Å². The molecule has 0 saturated carbocycles. The van der Waals surface area contributed by atoms with Gasteiger partial charge in [-0.15, -0.1) is 0 Å². The van der Waals surface area contributed by atoms with Gasteiger partial charge in [-0.1, -0.05) is 42.0 Å². The van der Waals surface area contributed by atoms with Gasteiger partial charge in [0.25, 0.3) is 5.56 Å². The molecule has 150 valence electrons. The molecular weight excluding hydrogens is 356 g/mol. The molecule has 1 fully saturated rings. The Morgan fingerprint density at radius 1 is 1.32 bits per heavy atom. The molecule has 0 spiro atoms. The number of aromatic amines is 1. The van der Waals surface area contributed by atoms with E-state index in [1.165, 1.54) is 4.57 Å². The van der Waals surface area contributed by atoms with Crippen LogP contribution in [0.1, 0.15) is 32.3 Å². The average Bonchev–Trinajstić information content (AvgIpc) is 3.17. The van der Waals surface area contributed by atoms with Gasteiger partial charge in [-0.3, -0.25) is 14.3 Å². The van der Waals surface area contributed by atoms with Crippen molar-refractivity contribution in [1.29, 1.82) is 0 Å². The highest BCUT2D eigenvalue weighted by atomic mass is 16.5. The number of nitrogens with two attached hydrogens (primary N) is 1. The molecule has 3 N–H and O–H groups in total. The first kappa shape index (κ1) is 19.9. The molecule has 0 radical (unpaired) electrons. The second kappa shape index (κ2) is 8.93. The highest BCUT2D eigenvalue weighted by Crippen LogP contribution is 2.21. The van der Waals surface area contributed by atoms with Crippen molar-refractivity contribution in [3.8, 4) is 0 Å². The SMILES string of the molecule is CC(C)=CCN(C[C@H]1CCCO1)c1c(N)n(Cc2ccccc2)c(=O)[nH]c1=O. The third kappa shape index (κ3) is 4.72. The maximum absolute atomic E-state index is 12.7. The molecule has 1 aromatic heterocycles. The first-order valence-electron chi connectivity index (χ1n) is 9.62. The van der Waals surface area contributed by atoms with Crippen LogP contribution >= 0.6 is 0 Å². The van der Waals surface area contributed by atoms with Gasteiger partial charge in [0.2, 0.25) is 0 Å². The molecule has 2 aromatic rings. The van der Waals surface area contributed by atoms with Crippen molar-refractivity contribution in [2.24, 2.45) is 0 Å². The Hall–Kier alpha value is -2.80. The summed E-state index contributed by atoms with van der Waals surface area (Å²) in [6, 6.07) is 9.56. The van der Waals surface area contributed by atoms with Gasteiger partial charge in [0.05, 0.1) is 12.6 Å². The van der Waals surface area contributed by atoms with E-state index in [-0.39, 0.29) is 11.9 Å². The second-order valence-corrected chi connectivity index (χ2v) is 7.39. The number of anilines is 2. The van der Waals surface area contributed by atoms with Crippen molar-refractivity contribution < 1.29 is 4.74 Å². The first-order chi connectivity index (χ1) is 13.5. The number of nitrogens with one attached hydrogen (secondary N) is 1. The normalized spacial score (nSPS) is 16.1. The van der Waals surface area contributed by atoms with Gasteiger partial charge in [-0.25, -0.2) is 4.79 Å². The van der Waals surface area contributed by atoms with E-state index >= 15 is 0 Å². The minimum absolute atomic E-state index is 0.0545. The molecule has 7 heteroatoms. The van der Waals surface area contributed by atoms with Crippen molar-refractivity contribution in [2.45, 2.75) is 39.3 Å². The zero-order valence-electron chi connectivity index (χ0n) is 16.5.